The lowest BCUT2D eigenvalue weighted by Crippen LogP contribution is -2.39. The maximum atomic E-state index is 13.3. The quantitative estimate of drug-likeness (QED) is 0.227. The van der Waals surface area contributed by atoms with Crippen LogP contribution in [-0.2, 0) is 45.4 Å². The molecule has 0 amide bonds. The van der Waals surface area contributed by atoms with Gasteiger partial charge in [0.1, 0.15) is 5.82 Å². The molecule has 0 bridgehead atoms. The van der Waals surface area contributed by atoms with E-state index >= 15 is 0 Å². The first-order chi connectivity index (χ1) is 19.2. The lowest BCUT2D eigenvalue weighted by molar-refractivity contribution is -0.140. The molecule has 40 heavy (non-hydrogen) atoms. The van der Waals surface area contributed by atoms with E-state index in [1.807, 2.05) is 30.3 Å². The van der Waals surface area contributed by atoms with Crippen molar-refractivity contribution < 1.29 is 27.1 Å². The molecule has 5 rings (SSSR count). The minimum Gasteiger partial charge on any atom is -0.469 e. The van der Waals surface area contributed by atoms with Crippen LogP contribution in [0.15, 0.2) is 71.9 Å². The predicted molar refractivity (Wildman–Crippen MR) is 148 cm³/mol. The molecule has 1 aliphatic rings. The molecule has 0 fully saturated rings. The Morgan fingerprint density at radius 2 is 1.93 bits per heavy atom. The lowest BCUT2D eigenvalue weighted by atomic mass is 9.91. The van der Waals surface area contributed by atoms with E-state index in [0.717, 1.165) is 39.9 Å². The minimum atomic E-state index is -3.85. The van der Waals surface area contributed by atoms with E-state index < -0.39 is 15.8 Å². The fourth-order valence-corrected chi connectivity index (χ4v) is 6.60. The molecule has 2 aromatic heterocycles. The number of ketones is 1. The van der Waals surface area contributed by atoms with Crippen molar-refractivity contribution in [1.29, 1.82) is 0 Å². The number of carbonyl (C=O) groups is 2. The Balaban J connectivity index is 1.44. The molecule has 0 saturated carbocycles. The highest BCUT2D eigenvalue weighted by atomic mass is 32.2. The number of aryl methyl sites for hydroxylation is 2. The van der Waals surface area contributed by atoms with Gasteiger partial charge in [-0.05, 0) is 85.3 Å². The van der Waals surface area contributed by atoms with E-state index in [9.17, 15) is 22.4 Å². The number of Topliss-reactive ketones (excluding diaryl/α,β-unsaturated/α-hetero) is 1. The van der Waals surface area contributed by atoms with Gasteiger partial charge in [0, 0.05) is 53.6 Å². The van der Waals surface area contributed by atoms with Gasteiger partial charge in [0.05, 0.1) is 18.4 Å². The number of hydrogen-bond acceptors (Lipinski definition) is 6. The van der Waals surface area contributed by atoms with Crippen molar-refractivity contribution in [3.05, 3.63) is 95.2 Å². The topological polar surface area (TPSA) is 107 Å². The summed E-state index contributed by atoms with van der Waals surface area (Å²) in [5.74, 6) is -0.823. The van der Waals surface area contributed by atoms with Crippen LogP contribution < -0.4 is 4.72 Å². The molecule has 0 saturated heterocycles. The van der Waals surface area contributed by atoms with Gasteiger partial charge in [-0.15, -0.1) is 0 Å². The van der Waals surface area contributed by atoms with Gasteiger partial charge >= 0.3 is 5.97 Å². The second-order valence-electron chi connectivity index (χ2n) is 9.93. The van der Waals surface area contributed by atoms with Crippen LogP contribution in [0.2, 0.25) is 0 Å². The fourth-order valence-electron chi connectivity index (χ4n) is 5.33. The van der Waals surface area contributed by atoms with Crippen LogP contribution in [0.5, 0.6) is 0 Å². The number of benzene rings is 2. The summed E-state index contributed by atoms with van der Waals surface area (Å²) in [6.45, 7) is 0.415. The van der Waals surface area contributed by atoms with E-state index in [4.69, 9.17) is 4.74 Å². The van der Waals surface area contributed by atoms with Gasteiger partial charge in [0.15, 0.2) is 5.78 Å². The Hall–Kier alpha value is -3.89. The van der Waals surface area contributed by atoms with Gasteiger partial charge < -0.3 is 9.30 Å². The summed E-state index contributed by atoms with van der Waals surface area (Å²) in [6.07, 6.45) is 6.12. The van der Waals surface area contributed by atoms with Crippen LogP contribution in [0.4, 0.5) is 4.39 Å². The number of pyridine rings is 1. The number of nitrogens with zero attached hydrogens (tertiary/aromatic N) is 2. The van der Waals surface area contributed by atoms with E-state index in [-0.39, 0.29) is 29.1 Å². The lowest BCUT2D eigenvalue weighted by Gasteiger charge is -2.25. The number of fused-ring (bicyclic) bond motifs is 3. The average Bonchev–Trinajstić information content (AvgIpc) is 3.27. The summed E-state index contributed by atoms with van der Waals surface area (Å²) in [5.41, 5.74) is 4.44. The Morgan fingerprint density at radius 3 is 2.65 bits per heavy atom. The van der Waals surface area contributed by atoms with Gasteiger partial charge in [0.2, 0.25) is 10.0 Å². The number of hydrogen-bond donors (Lipinski definition) is 1. The normalized spacial score (nSPS) is 15.1. The van der Waals surface area contributed by atoms with Crippen molar-refractivity contribution in [2.24, 2.45) is 0 Å². The maximum absolute atomic E-state index is 13.3. The zero-order valence-electron chi connectivity index (χ0n) is 22.1. The van der Waals surface area contributed by atoms with Crippen LogP contribution in [0, 0.1) is 5.82 Å². The molecule has 1 N–H and O–H groups in total. The molecule has 0 unspecified atom stereocenters. The molecule has 1 aliphatic carbocycles. The number of esters is 1. The SMILES string of the molecule is COC(=O)CCn1c2c(c3cc(C(=O)CCc4cccnc4)ccc31)C[C@H](NS(=O)(=O)c1ccc(F)cc1)CC2. The minimum absolute atomic E-state index is 0.00158. The number of ether oxygens (including phenoxy) is 1. The number of methoxy groups -OCH3 is 1. The van der Waals surface area contributed by atoms with Crippen molar-refractivity contribution in [1.82, 2.24) is 14.3 Å². The third-order valence-corrected chi connectivity index (χ3v) is 8.90. The summed E-state index contributed by atoms with van der Waals surface area (Å²) >= 11 is 0. The van der Waals surface area contributed by atoms with Crippen molar-refractivity contribution in [2.75, 3.05) is 7.11 Å². The van der Waals surface area contributed by atoms with Gasteiger partial charge in [0.25, 0.3) is 0 Å². The Morgan fingerprint density at radius 1 is 1.12 bits per heavy atom. The largest absolute Gasteiger partial charge is 0.469 e. The third-order valence-electron chi connectivity index (χ3n) is 7.37. The first-order valence-electron chi connectivity index (χ1n) is 13.2. The standard InChI is InChI=1S/C30H30FN3O5S/c1-39-30(36)14-16-34-27-11-5-21(29(35)13-4-20-3-2-15-32-19-20)17-25(27)26-18-23(8-12-28(26)34)33-40(37,38)24-9-6-22(31)7-10-24/h2-3,5-7,9-11,15,17,19,23,33H,4,8,12-14,16,18H2,1H3/t23-/m1/s1. The predicted octanol–water partition coefficient (Wildman–Crippen LogP) is 4.39. The number of carbonyl (C=O) groups excluding carboxylic acids is 2. The fraction of sp³-hybridized carbons (Fsp3) is 0.300. The highest BCUT2D eigenvalue weighted by Crippen LogP contribution is 2.34. The van der Waals surface area contributed by atoms with Crippen molar-refractivity contribution in [3.8, 4) is 0 Å². The molecule has 1 atom stereocenters. The van der Waals surface area contributed by atoms with E-state index in [1.165, 1.54) is 19.2 Å². The number of sulfonamides is 1. The van der Waals surface area contributed by atoms with E-state index in [2.05, 4.69) is 14.3 Å². The summed E-state index contributed by atoms with van der Waals surface area (Å²) in [5, 5.41) is 0.873. The van der Waals surface area contributed by atoms with Gasteiger partial charge in [-0.2, -0.15) is 0 Å². The molecular formula is C30H30FN3O5S. The van der Waals surface area contributed by atoms with Crippen molar-refractivity contribution in [2.45, 2.75) is 56.0 Å². The maximum Gasteiger partial charge on any atom is 0.307 e. The van der Waals surface area contributed by atoms with Crippen LogP contribution in [-0.4, -0.2) is 42.9 Å². The monoisotopic (exact) mass is 563 g/mol. The molecule has 0 radical (unpaired) electrons. The third kappa shape index (κ3) is 5.97. The number of halogens is 1. The van der Waals surface area contributed by atoms with Gasteiger partial charge in [-0.3, -0.25) is 14.6 Å². The summed E-state index contributed by atoms with van der Waals surface area (Å²) in [6, 6.07) is 13.7. The molecule has 0 spiro atoms. The molecule has 0 aliphatic heterocycles. The highest BCUT2D eigenvalue weighted by Gasteiger charge is 2.29. The molecule has 2 aromatic carbocycles. The molecule has 8 nitrogen and oxygen atoms in total. The van der Waals surface area contributed by atoms with E-state index in [1.54, 1.807) is 12.4 Å². The zero-order valence-corrected chi connectivity index (χ0v) is 22.9. The summed E-state index contributed by atoms with van der Waals surface area (Å²) in [4.78, 5) is 29.1. The number of rotatable bonds is 10. The highest BCUT2D eigenvalue weighted by molar-refractivity contribution is 7.89. The second-order valence-corrected chi connectivity index (χ2v) is 11.6. The van der Waals surface area contributed by atoms with E-state index in [0.29, 0.717) is 44.2 Å². The first-order valence-corrected chi connectivity index (χ1v) is 14.6. The zero-order chi connectivity index (χ0) is 28.3. The van der Waals surface area contributed by atoms with Gasteiger partial charge in [-0.25, -0.2) is 17.5 Å². The second kappa shape index (κ2) is 11.7. The van der Waals surface area contributed by atoms with Crippen molar-refractivity contribution >= 4 is 32.7 Å². The Bertz CT molecular complexity index is 1650. The van der Waals surface area contributed by atoms with Crippen LogP contribution in [0.3, 0.4) is 0 Å². The smallest absolute Gasteiger partial charge is 0.307 e. The van der Waals surface area contributed by atoms with Gasteiger partial charge in [-0.1, -0.05) is 6.07 Å². The molecular weight excluding hydrogens is 533 g/mol. The Kier molecular flexibility index (Phi) is 8.09. The molecule has 10 heteroatoms. The average molecular weight is 564 g/mol. The summed E-state index contributed by atoms with van der Waals surface area (Å²) < 4.78 is 49.0. The van der Waals surface area contributed by atoms with Crippen LogP contribution in [0.1, 0.15) is 46.4 Å². The summed E-state index contributed by atoms with van der Waals surface area (Å²) in [7, 11) is -2.50. The Labute approximate surface area is 232 Å². The van der Waals surface area contributed by atoms with Crippen LogP contribution in [0.25, 0.3) is 10.9 Å². The molecule has 208 valence electrons. The van der Waals surface area contributed by atoms with Crippen molar-refractivity contribution in [3.63, 3.8) is 0 Å². The number of nitrogens with one attached hydrogen (secondary N) is 1. The molecule has 4 aromatic rings. The number of aromatic nitrogens is 2. The molecule has 2 heterocycles. The van der Waals surface area contributed by atoms with Crippen LogP contribution >= 0.6 is 0 Å². The first kappa shape index (κ1) is 27.7.